The topological polar surface area (TPSA) is 269 Å². The van der Waals surface area contributed by atoms with Crippen molar-refractivity contribution in [1.82, 2.24) is 0 Å². The molecule has 2 rings (SSSR count). The summed E-state index contributed by atoms with van der Waals surface area (Å²) in [5.74, 6) is -1.30. The summed E-state index contributed by atoms with van der Waals surface area (Å²) in [7, 11) is -10.7. The predicted octanol–water partition coefficient (Wildman–Crippen LogP) is 9.16. The van der Waals surface area contributed by atoms with Gasteiger partial charge in [-0.2, -0.15) is 0 Å². The van der Waals surface area contributed by atoms with Gasteiger partial charge in [-0.05, 0) is 89.9 Å². The summed E-state index contributed by atoms with van der Waals surface area (Å²) in [5.41, 5.74) is 0. The Kier molecular flexibility index (Phi) is 34.2. The van der Waals surface area contributed by atoms with Crippen molar-refractivity contribution in [3.63, 3.8) is 0 Å². The maximum Gasteiger partial charge on any atom is 0.472 e. The second-order valence-corrected chi connectivity index (χ2v) is 20.1. The fourth-order valence-electron chi connectivity index (χ4n) is 7.34. The quantitative estimate of drug-likeness (QED) is 0.00991. The molecule has 1 saturated heterocycles. The van der Waals surface area contributed by atoms with E-state index in [-0.39, 0.29) is 18.9 Å². The molecule has 10 atom stereocenters. The Balaban J connectivity index is 1.80. The number of aliphatic hydroxyl groups is 4. The van der Waals surface area contributed by atoms with Crippen molar-refractivity contribution in [1.29, 1.82) is 0 Å². The molecule has 0 spiro atoms. The number of epoxide rings is 1. The molecule has 0 aromatic heterocycles. The highest BCUT2D eigenvalue weighted by Crippen LogP contribution is 2.49. The number of esters is 2. The molecule has 19 heteroatoms. The number of rotatable bonds is 40. The molecule has 17 nitrogen and oxygen atoms in total. The number of unbranched alkanes of at least 4 members (excludes halogenated alkanes) is 10. The van der Waals surface area contributed by atoms with E-state index in [0.717, 1.165) is 89.9 Å². The summed E-state index contributed by atoms with van der Waals surface area (Å²) in [5, 5.41) is 41.3. The highest BCUT2D eigenvalue weighted by Gasteiger charge is 2.54. The first-order valence-electron chi connectivity index (χ1n) is 25.3. The van der Waals surface area contributed by atoms with Crippen LogP contribution in [0.3, 0.4) is 0 Å². The average molecular weight is 1030 g/mol. The lowest BCUT2D eigenvalue weighted by molar-refractivity contribution is -0.216. The Labute approximate surface area is 416 Å². The van der Waals surface area contributed by atoms with Gasteiger partial charge in [-0.1, -0.05) is 137 Å². The summed E-state index contributed by atoms with van der Waals surface area (Å²) >= 11 is 0. The largest absolute Gasteiger partial charge is 0.472 e. The Hall–Kier alpha value is -2.86. The molecule has 7 unspecified atom stereocenters. The summed E-state index contributed by atoms with van der Waals surface area (Å²) in [6, 6.07) is 0. The van der Waals surface area contributed by atoms with Crippen molar-refractivity contribution in [3.8, 4) is 0 Å². The maximum atomic E-state index is 13.0. The van der Waals surface area contributed by atoms with Crippen LogP contribution in [0.4, 0.5) is 0 Å². The van der Waals surface area contributed by atoms with E-state index in [2.05, 4.69) is 91.3 Å². The summed E-state index contributed by atoms with van der Waals surface area (Å²) in [6.45, 7) is 2.90. The van der Waals surface area contributed by atoms with E-state index < -0.39 is 83.5 Å². The molecular weight excluding hydrogens is 946 g/mol. The van der Waals surface area contributed by atoms with E-state index in [1.54, 1.807) is 0 Å². The normalized spacial score (nSPS) is 24.6. The third kappa shape index (κ3) is 30.9. The summed E-state index contributed by atoms with van der Waals surface area (Å²) in [6.07, 6.45) is 34.2. The Morgan fingerprint density at radius 3 is 1.59 bits per heavy atom. The lowest BCUT2D eigenvalue weighted by Gasteiger charge is -2.43. The minimum Gasteiger partial charge on any atom is -0.462 e. The second kappa shape index (κ2) is 37.8. The van der Waals surface area contributed by atoms with Crippen LogP contribution < -0.4 is 0 Å². The van der Waals surface area contributed by atoms with Crippen molar-refractivity contribution in [2.45, 2.75) is 210 Å². The minimum atomic E-state index is -5.38. The zero-order valence-corrected chi connectivity index (χ0v) is 43.1. The first-order chi connectivity index (χ1) is 33.6. The molecule has 0 amide bonds. The van der Waals surface area contributed by atoms with Crippen LogP contribution in [0, 0.1) is 0 Å². The average Bonchev–Trinajstić information content (AvgIpc) is 4.08. The highest BCUT2D eigenvalue weighted by atomic mass is 31.2. The van der Waals surface area contributed by atoms with Crippen molar-refractivity contribution in [3.05, 3.63) is 85.1 Å². The molecule has 400 valence electrons. The van der Waals surface area contributed by atoms with Crippen molar-refractivity contribution >= 4 is 27.6 Å². The fourth-order valence-corrected chi connectivity index (χ4v) is 8.88. The molecule has 2 aliphatic rings. The van der Waals surface area contributed by atoms with Gasteiger partial charge in [0.15, 0.2) is 6.10 Å². The van der Waals surface area contributed by atoms with Gasteiger partial charge in [-0.15, -0.1) is 0 Å². The number of allylic oxidation sites excluding steroid dienone is 12. The predicted molar refractivity (Wildman–Crippen MR) is 268 cm³/mol. The molecular formula is C51H84O17P2. The number of aliphatic hydroxyl groups excluding tert-OH is 4. The van der Waals surface area contributed by atoms with Crippen LogP contribution in [0.2, 0.25) is 0 Å². The fraction of sp³-hybridized carbons (Fsp3) is 0.686. The van der Waals surface area contributed by atoms with E-state index in [9.17, 15) is 53.8 Å². The molecule has 0 radical (unpaired) electrons. The van der Waals surface area contributed by atoms with Crippen molar-refractivity contribution in [2.24, 2.45) is 0 Å². The number of hydrogen-bond acceptors (Lipinski definition) is 14. The number of hydrogen-bond donors (Lipinski definition) is 7. The van der Waals surface area contributed by atoms with Gasteiger partial charge in [0.1, 0.15) is 43.2 Å². The third-order valence-electron chi connectivity index (χ3n) is 11.4. The van der Waals surface area contributed by atoms with E-state index in [1.165, 1.54) is 19.3 Å². The van der Waals surface area contributed by atoms with Gasteiger partial charge in [0, 0.05) is 12.8 Å². The molecule has 70 heavy (non-hydrogen) atoms. The van der Waals surface area contributed by atoms with Gasteiger partial charge in [0.2, 0.25) is 0 Å². The molecule has 7 N–H and O–H groups in total. The molecule has 1 aliphatic heterocycles. The van der Waals surface area contributed by atoms with Crippen molar-refractivity contribution < 1.29 is 81.6 Å². The van der Waals surface area contributed by atoms with Gasteiger partial charge in [-0.3, -0.25) is 23.2 Å². The molecule has 0 bridgehead atoms. The molecule has 0 aromatic rings. The second-order valence-electron chi connectivity index (χ2n) is 17.5. The first kappa shape index (κ1) is 63.3. The number of phosphoric ester groups is 2. The monoisotopic (exact) mass is 1030 g/mol. The van der Waals surface area contributed by atoms with Gasteiger partial charge in [-0.25, -0.2) is 9.13 Å². The standard InChI is InChI=1S/C51H84O17P2/c1-3-5-7-9-11-12-13-14-15-16-17-18-19-20-21-22-25-30-34-38-45(53)65-41(40-64-70(61,62)68-51-48(56)46(54)47(55)50(49(51)57)67-69(58,59)60)39-63-44(52)37-33-29-26-23-24-28-32-36-43-42(66-43)35-31-27-10-8-6-4-2/h5,7,11-12,14-15,17-18,23,26-28,31-32,41-43,46-51,54-57H,3-4,6,8-10,13,16,19-22,24-25,29-30,33-40H2,1-2H3,(H,61,62)(H2,58,59,60)/b7-5-,12-11-,15-14-,18-17-,26-23-,31-27-,32-28-/t41-,42?,43?,46?,47?,48?,49?,50-,51+/m1/s1. The van der Waals surface area contributed by atoms with Gasteiger partial charge in [0.25, 0.3) is 0 Å². The van der Waals surface area contributed by atoms with Crippen LogP contribution in [0.15, 0.2) is 85.1 Å². The van der Waals surface area contributed by atoms with Crippen LogP contribution in [-0.4, -0.2) is 115 Å². The van der Waals surface area contributed by atoms with Crippen LogP contribution in [-0.2, 0) is 46.5 Å². The van der Waals surface area contributed by atoms with E-state index >= 15 is 0 Å². The molecule has 2 fully saturated rings. The lowest BCUT2D eigenvalue weighted by atomic mass is 9.85. The number of phosphoric acid groups is 2. The van der Waals surface area contributed by atoms with Gasteiger partial charge >= 0.3 is 27.6 Å². The van der Waals surface area contributed by atoms with E-state index in [0.29, 0.717) is 25.4 Å². The van der Waals surface area contributed by atoms with Crippen molar-refractivity contribution in [2.75, 3.05) is 13.2 Å². The SMILES string of the molecule is CC/C=C\C/C=C\C/C=C\C/C=C\CCCCCCCCC(=O)O[C@H](COC(=O)CCC/C=C\C/C=C\CC1OC1C/C=C\CCCCC)COP(=O)(O)O[C@H]1C(O)C(O)C(O)[C@@H](OP(=O)(O)O)C1O. The summed E-state index contributed by atoms with van der Waals surface area (Å²) < 4.78 is 55.2. The van der Waals surface area contributed by atoms with Crippen LogP contribution in [0.1, 0.15) is 155 Å². The molecule has 1 aliphatic carbocycles. The van der Waals surface area contributed by atoms with Gasteiger partial charge < -0.3 is 49.3 Å². The van der Waals surface area contributed by atoms with Crippen LogP contribution >= 0.6 is 15.6 Å². The zero-order valence-electron chi connectivity index (χ0n) is 41.4. The van der Waals surface area contributed by atoms with Crippen LogP contribution in [0.5, 0.6) is 0 Å². The molecule has 1 heterocycles. The Bertz CT molecular complexity index is 1740. The van der Waals surface area contributed by atoms with Gasteiger partial charge in [0.05, 0.1) is 18.8 Å². The van der Waals surface area contributed by atoms with E-state index in [4.69, 9.17) is 23.3 Å². The number of carbonyl (C=O) groups is 2. The highest BCUT2D eigenvalue weighted by molar-refractivity contribution is 7.47. The zero-order chi connectivity index (χ0) is 51.5. The summed E-state index contributed by atoms with van der Waals surface area (Å²) in [4.78, 5) is 54.4. The molecule has 1 saturated carbocycles. The van der Waals surface area contributed by atoms with Crippen LogP contribution in [0.25, 0.3) is 0 Å². The number of ether oxygens (including phenoxy) is 3. The maximum absolute atomic E-state index is 13.0. The number of carbonyl (C=O) groups excluding carboxylic acids is 2. The smallest absolute Gasteiger partial charge is 0.462 e. The lowest BCUT2D eigenvalue weighted by Crippen LogP contribution is -2.64. The Morgan fingerprint density at radius 1 is 0.529 bits per heavy atom. The van der Waals surface area contributed by atoms with E-state index in [1.807, 2.05) is 12.2 Å². The first-order valence-corrected chi connectivity index (χ1v) is 28.3. The third-order valence-corrected chi connectivity index (χ3v) is 12.9. The molecule has 0 aromatic carbocycles. The Morgan fingerprint density at radius 2 is 1.00 bits per heavy atom. The minimum absolute atomic E-state index is 0.00850.